The van der Waals surface area contributed by atoms with Crippen molar-refractivity contribution in [2.24, 2.45) is 0 Å². The zero-order chi connectivity index (χ0) is 64.1. The first-order valence-corrected chi connectivity index (χ1v) is 36.1. The van der Waals surface area contributed by atoms with Crippen LogP contribution in [0.15, 0.2) is 167 Å². The molecule has 0 N–H and O–H groups in total. The first-order chi connectivity index (χ1) is 42.4. The van der Waals surface area contributed by atoms with Crippen molar-refractivity contribution < 1.29 is 131 Å². The molecule has 512 valence electrons. The largest absolute Gasteiger partial charge is 0.358 e. The van der Waals surface area contributed by atoms with Gasteiger partial charge in [-0.25, -0.2) is 0 Å². The minimum Gasteiger partial charge on any atom is -0.358 e. The zero-order valence-electron chi connectivity index (χ0n) is 62.6. The molecular formula is C80H122N6S4Y4-4. The Hall–Kier alpha value is -1.08. The molecule has 0 aliphatic carbocycles. The molecule has 6 nitrogen and oxygen atoms in total. The maximum absolute atomic E-state index is 9.44. The van der Waals surface area contributed by atoms with Crippen molar-refractivity contribution in [1.29, 1.82) is 10.5 Å². The van der Waals surface area contributed by atoms with Gasteiger partial charge in [-0.2, -0.15) is 10.5 Å². The molecule has 0 unspecified atom stereocenters. The summed E-state index contributed by atoms with van der Waals surface area (Å²) in [5.74, 6) is 0. The third-order valence-electron chi connectivity index (χ3n) is 14.2. The maximum atomic E-state index is 9.44. The Kier molecular flexibility index (Phi) is 79.9. The Balaban J connectivity index is -0.000000159. The molecule has 4 radical (unpaired) electrons. The van der Waals surface area contributed by atoms with Gasteiger partial charge < -0.3 is 29.7 Å². The van der Waals surface area contributed by atoms with Gasteiger partial charge in [0.1, 0.15) is 12.1 Å². The fourth-order valence-electron chi connectivity index (χ4n) is 10.1. The van der Waals surface area contributed by atoms with Crippen molar-refractivity contribution in [2.45, 2.75) is 201 Å². The Labute approximate surface area is 696 Å². The molecule has 94 heavy (non-hydrogen) atoms. The van der Waals surface area contributed by atoms with E-state index in [1.165, 1.54) is 69.1 Å². The standard InChI is InChI=1S/2C15H14N2S.2C15H17NS.8C2H6.4CH3.4Y/c2*16-10-14(12-4-2-1-3-5-12)17-8-6-15-13(11-17)7-9-18-15;2*1-12(13-5-3-2-4-6-13)16-9-7-15-14(11-16)8-10-17-15;8*1-2;;;;;;;;/h2*1-5,7,9,14H,6,8,11H2;2*2-6,8,10,12H,7,9,11H2,1H3;8*1-2H3;4*1H3;;;;/q;;;;;;;;;;;;4*-1;;;;/t2*14-;2*12-;;;;;;;;;;;;;;;;/m1010................/s1. The molecule has 8 heterocycles. The summed E-state index contributed by atoms with van der Waals surface area (Å²) in [4.78, 5) is 15.8. The van der Waals surface area contributed by atoms with Crippen LogP contribution in [0.5, 0.6) is 0 Å². The number of thiophene rings is 4. The number of nitriles is 2. The van der Waals surface area contributed by atoms with Gasteiger partial charge in [0.25, 0.3) is 0 Å². The van der Waals surface area contributed by atoms with Crippen molar-refractivity contribution in [3.63, 3.8) is 0 Å². The molecule has 0 fully saturated rings. The summed E-state index contributed by atoms with van der Waals surface area (Å²) < 4.78 is 0. The maximum Gasteiger partial charge on any atom is 0.124 e. The smallest absolute Gasteiger partial charge is 0.124 e. The summed E-state index contributed by atoms with van der Waals surface area (Å²) in [6.07, 6.45) is 4.56. The predicted molar refractivity (Wildman–Crippen MR) is 409 cm³/mol. The Morgan fingerprint density at radius 2 is 0.489 bits per heavy atom. The molecule has 0 saturated carbocycles. The molecule has 0 saturated heterocycles. The van der Waals surface area contributed by atoms with Crippen molar-refractivity contribution in [2.75, 3.05) is 26.2 Å². The van der Waals surface area contributed by atoms with E-state index in [0.717, 1.165) is 63.2 Å². The molecule has 4 aliphatic rings. The molecule has 0 bridgehead atoms. The first kappa shape index (κ1) is 109. The number of hydrogen-bond acceptors (Lipinski definition) is 10. The van der Waals surface area contributed by atoms with Crippen LogP contribution in [-0.2, 0) is 183 Å². The van der Waals surface area contributed by atoms with E-state index in [-0.39, 0.29) is 173 Å². The van der Waals surface area contributed by atoms with E-state index in [2.05, 4.69) is 152 Å². The molecule has 0 spiro atoms. The van der Waals surface area contributed by atoms with E-state index in [1.54, 1.807) is 9.75 Å². The van der Waals surface area contributed by atoms with Gasteiger partial charge >= 0.3 is 0 Å². The monoisotopic (exact) mass is 1650 g/mol. The van der Waals surface area contributed by atoms with Gasteiger partial charge in [-0.05, 0) is 130 Å². The van der Waals surface area contributed by atoms with E-state index in [1.807, 2.05) is 217 Å². The van der Waals surface area contributed by atoms with E-state index in [4.69, 9.17) is 0 Å². The Morgan fingerprint density at radius 1 is 0.298 bits per heavy atom. The Bertz CT molecular complexity index is 2740. The second kappa shape index (κ2) is 69.0. The zero-order valence-corrected chi connectivity index (χ0v) is 77.2. The van der Waals surface area contributed by atoms with Crippen LogP contribution in [0.2, 0.25) is 0 Å². The fraction of sp³-hybridized carbons (Fsp3) is 0.425. The summed E-state index contributed by atoms with van der Waals surface area (Å²) in [6, 6.07) is 56.4. The van der Waals surface area contributed by atoms with Crippen molar-refractivity contribution in [3.8, 4) is 12.1 Å². The summed E-state index contributed by atoms with van der Waals surface area (Å²) in [5, 5.41) is 27.6. The van der Waals surface area contributed by atoms with Crippen molar-refractivity contribution >= 4 is 45.3 Å². The number of fused-ring (bicyclic) bond motifs is 4. The molecule has 8 aromatic rings. The first-order valence-electron chi connectivity index (χ1n) is 32.6. The summed E-state index contributed by atoms with van der Waals surface area (Å²) in [7, 11) is 0. The van der Waals surface area contributed by atoms with Crippen LogP contribution in [0.25, 0.3) is 0 Å². The van der Waals surface area contributed by atoms with Gasteiger partial charge in [-0.3, -0.25) is 19.6 Å². The van der Waals surface area contributed by atoms with Gasteiger partial charge in [-0.15, -0.1) is 45.3 Å². The second-order valence-corrected chi connectivity index (χ2v) is 22.4. The van der Waals surface area contributed by atoms with Crippen molar-refractivity contribution in [1.82, 2.24) is 19.6 Å². The molecule has 12 rings (SSSR count). The summed E-state index contributed by atoms with van der Waals surface area (Å²) in [6.45, 7) is 44.9. The van der Waals surface area contributed by atoms with Crippen LogP contribution < -0.4 is 0 Å². The minimum absolute atomic E-state index is 0. The van der Waals surface area contributed by atoms with Gasteiger partial charge in [0, 0.05) is 215 Å². The Morgan fingerprint density at radius 3 is 0.702 bits per heavy atom. The van der Waals surface area contributed by atoms with Gasteiger partial charge in [0.05, 0.1) is 12.1 Å². The third kappa shape index (κ3) is 36.0. The van der Waals surface area contributed by atoms with E-state index >= 15 is 0 Å². The number of hydrogen-bond donors (Lipinski definition) is 0. The molecule has 0 amide bonds. The quantitative estimate of drug-likeness (QED) is 0.141. The normalized spacial score (nSPS) is 13.4. The topological polar surface area (TPSA) is 60.5 Å². The number of rotatable bonds is 8. The van der Waals surface area contributed by atoms with Gasteiger partial charge in [0.2, 0.25) is 0 Å². The predicted octanol–water partition coefficient (Wildman–Crippen LogP) is 24.5. The van der Waals surface area contributed by atoms with Gasteiger partial charge in [-0.1, -0.05) is 232 Å². The van der Waals surface area contributed by atoms with E-state index in [9.17, 15) is 10.5 Å². The number of nitrogens with zero attached hydrogens (tertiary/aromatic N) is 6. The molecule has 4 atom stereocenters. The van der Waals surface area contributed by atoms with Crippen molar-refractivity contribution in [3.05, 3.63) is 261 Å². The summed E-state index contributed by atoms with van der Waals surface area (Å²) >= 11 is 7.48. The molecular weight excluding hydrogens is 1530 g/mol. The number of benzene rings is 4. The molecule has 4 aromatic carbocycles. The molecule has 4 aliphatic heterocycles. The van der Waals surface area contributed by atoms with Crippen LogP contribution in [0.3, 0.4) is 0 Å². The fourth-order valence-corrected chi connectivity index (χ4v) is 13.6. The van der Waals surface area contributed by atoms with Crippen LogP contribution in [-0.4, -0.2) is 45.8 Å². The average Bonchev–Trinajstić information content (AvgIpc) is 1.73. The van der Waals surface area contributed by atoms with Crippen LogP contribution in [0, 0.1) is 52.4 Å². The SMILES string of the molecule is CC.CC.CC.CC.CC.CC.CC.CC.C[C@@H](c1ccccc1)N1CCc2sccc2C1.C[C@H](c1ccccc1)N1CCc2sccc2C1.N#C[C@@H](c1ccccc1)N1CCc2sccc2C1.N#C[C@H](c1ccccc1)N1CCc2sccc2C1.[CH3-].[CH3-].[CH3-].[CH3-].[Y].[Y].[Y].[Y]. The average molecular weight is 1650 g/mol. The second-order valence-electron chi connectivity index (χ2n) is 18.4. The van der Waals surface area contributed by atoms with Crippen LogP contribution in [0.1, 0.15) is 213 Å². The third-order valence-corrected chi connectivity index (χ3v) is 18.3. The van der Waals surface area contributed by atoms with Gasteiger partial charge in [0.15, 0.2) is 0 Å². The van der Waals surface area contributed by atoms with Crippen LogP contribution in [0.4, 0.5) is 0 Å². The molecule has 4 aromatic heterocycles. The van der Waals surface area contributed by atoms with E-state index < -0.39 is 0 Å². The van der Waals surface area contributed by atoms with Crippen LogP contribution >= 0.6 is 45.3 Å². The summed E-state index contributed by atoms with van der Waals surface area (Å²) in [5.41, 5.74) is 10.9. The van der Waals surface area contributed by atoms with E-state index in [0.29, 0.717) is 12.1 Å². The molecule has 14 heteroatoms. The minimum atomic E-state index is -0.126.